The summed E-state index contributed by atoms with van der Waals surface area (Å²) in [6.45, 7) is 7.63. The highest BCUT2D eigenvalue weighted by atomic mass is 32.2. The standard InChI is InChI=1S/C24H24N4O4S2/c1-14-6-7-15(2)21(10-14)34(29,30)32-19-9-8-18(11-20(19)31-5)12-27-28-23-22-16(3)17(4)33-24(22)26-13-25-23/h6-13H,1-5H3,(H,25,26,28). The number of hydrogen-bond donors (Lipinski definition) is 1. The second-order valence-electron chi connectivity index (χ2n) is 7.77. The van der Waals surface area contributed by atoms with Crippen molar-refractivity contribution in [1.29, 1.82) is 0 Å². The van der Waals surface area contributed by atoms with Crippen LogP contribution in [0.4, 0.5) is 5.82 Å². The van der Waals surface area contributed by atoms with Crippen LogP contribution in [-0.4, -0.2) is 31.7 Å². The Hall–Kier alpha value is -3.50. The maximum Gasteiger partial charge on any atom is 0.339 e. The fourth-order valence-electron chi connectivity index (χ4n) is 3.41. The zero-order valence-corrected chi connectivity index (χ0v) is 21.0. The number of hydrazone groups is 1. The molecule has 2 aromatic heterocycles. The van der Waals surface area contributed by atoms with Crippen LogP contribution in [0.15, 0.2) is 52.7 Å². The average Bonchev–Trinajstić information content (AvgIpc) is 3.10. The minimum Gasteiger partial charge on any atom is -0.493 e. The van der Waals surface area contributed by atoms with E-state index in [1.807, 2.05) is 26.8 Å². The molecule has 0 spiro atoms. The van der Waals surface area contributed by atoms with Gasteiger partial charge in [-0.1, -0.05) is 12.1 Å². The molecule has 176 valence electrons. The van der Waals surface area contributed by atoms with Gasteiger partial charge < -0.3 is 8.92 Å². The third kappa shape index (κ3) is 4.73. The number of ether oxygens (including phenoxy) is 1. The summed E-state index contributed by atoms with van der Waals surface area (Å²) in [6.07, 6.45) is 3.09. The van der Waals surface area contributed by atoms with Crippen LogP contribution in [0.1, 0.15) is 27.1 Å². The van der Waals surface area contributed by atoms with E-state index in [0.717, 1.165) is 21.3 Å². The van der Waals surface area contributed by atoms with Crippen molar-refractivity contribution in [2.45, 2.75) is 32.6 Å². The quantitative estimate of drug-likeness (QED) is 0.214. The van der Waals surface area contributed by atoms with Gasteiger partial charge in [-0.25, -0.2) is 9.97 Å². The van der Waals surface area contributed by atoms with Gasteiger partial charge in [0.2, 0.25) is 0 Å². The smallest absolute Gasteiger partial charge is 0.339 e. The number of aryl methyl sites for hydroxylation is 4. The Morgan fingerprint density at radius 3 is 2.59 bits per heavy atom. The molecule has 8 nitrogen and oxygen atoms in total. The predicted molar refractivity (Wildman–Crippen MR) is 135 cm³/mol. The average molecular weight is 497 g/mol. The first-order chi connectivity index (χ1) is 16.2. The largest absolute Gasteiger partial charge is 0.493 e. The molecule has 0 saturated heterocycles. The van der Waals surface area contributed by atoms with E-state index in [-0.39, 0.29) is 16.4 Å². The van der Waals surface area contributed by atoms with Gasteiger partial charge in [-0.2, -0.15) is 13.5 Å². The monoisotopic (exact) mass is 496 g/mol. The molecular weight excluding hydrogens is 472 g/mol. The molecule has 0 bridgehead atoms. The summed E-state index contributed by atoms with van der Waals surface area (Å²) >= 11 is 1.61. The van der Waals surface area contributed by atoms with Crippen LogP contribution in [0, 0.1) is 27.7 Å². The van der Waals surface area contributed by atoms with Gasteiger partial charge in [-0.15, -0.1) is 11.3 Å². The summed E-state index contributed by atoms with van der Waals surface area (Å²) in [5, 5.41) is 5.23. The molecule has 4 aromatic rings. The van der Waals surface area contributed by atoms with E-state index < -0.39 is 10.1 Å². The predicted octanol–water partition coefficient (Wildman–Crippen LogP) is 5.15. The zero-order chi connectivity index (χ0) is 24.5. The van der Waals surface area contributed by atoms with Gasteiger partial charge in [0, 0.05) is 4.88 Å². The van der Waals surface area contributed by atoms with Crippen molar-refractivity contribution < 1.29 is 17.3 Å². The Labute approximate surface area is 202 Å². The molecule has 2 heterocycles. The topological polar surface area (TPSA) is 103 Å². The number of nitrogens with one attached hydrogen (secondary N) is 1. The Kier molecular flexibility index (Phi) is 6.54. The summed E-state index contributed by atoms with van der Waals surface area (Å²) in [4.78, 5) is 10.8. The van der Waals surface area contributed by atoms with Gasteiger partial charge in [0.15, 0.2) is 17.3 Å². The molecule has 4 rings (SSSR count). The van der Waals surface area contributed by atoms with Crippen molar-refractivity contribution in [1.82, 2.24) is 9.97 Å². The molecule has 0 atom stereocenters. The highest BCUT2D eigenvalue weighted by Crippen LogP contribution is 2.33. The summed E-state index contributed by atoms with van der Waals surface area (Å²) in [6, 6.07) is 10.1. The Balaban J connectivity index is 1.56. The maximum atomic E-state index is 12.9. The highest BCUT2D eigenvalue weighted by molar-refractivity contribution is 7.87. The number of anilines is 1. The number of nitrogens with zero attached hydrogens (tertiary/aromatic N) is 3. The lowest BCUT2D eigenvalue weighted by Crippen LogP contribution is -2.12. The van der Waals surface area contributed by atoms with Gasteiger partial charge in [0.1, 0.15) is 16.1 Å². The molecule has 0 saturated carbocycles. The highest BCUT2D eigenvalue weighted by Gasteiger charge is 2.21. The first-order valence-electron chi connectivity index (χ1n) is 10.4. The van der Waals surface area contributed by atoms with Crippen LogP contribution in [0.3, 0.4) is 0 Å². The molecule has 1 N–H and O–H groups in total. The van der Waals surface area contributed by atoms with E-state index in [1.54, 1.807) is 48.7 Å². The van der Waals surface area contributed by atoms with E-state index in [2.05, 4.69) is 20.5 Å². The normalized spacial score (nSPS) is 11.8. The Morgan fingerprint density at radius 1 is 1.03 bits per heavy atom. The number of aromatic nitrogens is 2. The van der Waals surface area contributed by atoms with Crippen LogP contribution in [-0.2, 0) is 10.1 Å². The zero-order valence-electron chi connectivity index (χ0n) is 19.4. The molecule has 34 heavy (non-hydrogen) atoms. The molecule has 0 radical (unpaired) electrons. The van der Waals surface area contributed by atoms with Crippen LogP contribution >= 0.6 is 11.3 Å². The van der Waals surface area contributed by atoms with E-state index in [4.69, 9.17) is 8.92 Å². The number of benzene rings is 2. The van der Waals surface area contributed by atoms with Crippen molar-refractivity contribution in [2.75, 3.05) is 12.5 Å². The summed E-state index contributed by atoms with van der Waals surface area (Å²) in [5.41, 5.74) is 6.20. The number of fused-ring (bicyclic) bond motifs is 1. The van der Waals surface area contributed by atoms with E-state index in [9.17, 15) is 8.42 Å². The van der Waals surface area contributed by atoms with Gasteiger partial charge >= 0.3 is 10.1 Å². The fraction of sp³-hybridized carbons (Fsp3) is 0.208. The molecule has 0 fully saturated rings. The van der Waals surface area contributed by atoms with Gasteiger partial charge in [-0.3, -0.25) is 5.43 Å². The van der Waals surface area contributed by atoms with Crippen molar-refractivity contribution >= 4 is 43.7 Å². The van der Waals surface area contributed by atoms with Crippen molar-refractivity contribution in [3.05, 3.63) is 69.9 Å². The third-order valence-electron chi connectivity index (χ3n) is 5.35. The van der Waals surface area contributed by atoms with Gasteiger partial charge in [-0.05, 0) is 74.2 Å². The maximum absolute atomic E-state index is 12.9. The molecule has 0 unspecified atom stereocenters. The van der Waals surface area contributed by atoms with E-state index >= 15 is 0 Å². The SMILES string of the molecule is COc1cc(C=NNc2ncnc3sc(C)c(C)c23)ccc1OS(=O)(=O)c1cc(C)ccc1C. The minimum atomic E-state index is -4.03. The fourth-order valence-corrected chi connectivity index (χ4v) is 5.66. The minimum absolute atomic E-state index is 0.0930. The summed E-state index contributed by atoms with van der Waals surface area (Å²) in [7, 11) is -2.58. The second kappa shape index (κ2) is 9.40. The molecular formula is C24H24N4O4S2. The molecule has 2 aromatic carbocycles. The van der Waals surface area contributed by atoms with Crippen LogP contribution < -0.4 is 14.3 Å². The second-order valence-corrected chi connectivity index (χ2v) is 10.5. The van der Waals surface area contributed by atoms with Crippen LogP contribution in [0.5, 0.6) is 11.5 Å². The Morgan fingerprint density at radius 2 is 1.82 bits per heavy atom. The first kappa shape index (κ1) is 23.7. The number of hydrogen-bond acceptors (Lipinski definition) is 9. The van der Waals surface area contributed by atoms with Gasteiger partial charge in [0.05, 0.1) is 18.7 Å². The number of methoxy groups -OCH3 is 1. The van der Waals surface area contributed by atoms with E-state index in [0.29, 0.717) is 16.9 Å². The van der Waals surface area contributed by atoms with E-state index in [1.165, 1.54) is 24.4 Å². The molecule has 10 heteroatoms. The third-order valence-corrected chi connectivity index (χ3v) is 7.84. The first-order valence-corrected chi connectivity index (χ1v) is 12.6. The Bertz CT molecular complexity index is 1510. The lowest BCUT2D eigenvalue weighted by Gasteiger charge is -2.13. The number of rotatable bonds is 7. The van der Waals surface area contributed by atoms with Crippen LogP contribution in [0.2, 0.25) is 0 Å². The van der Waals surface area contributed by atoms with Gasteiger partial charge in [0.25, 0.3) is 0 Å². The lowest BCUT2D eigenvalue weighted by atomic mass is 10.2. The molecule has 0 amide bonds. The molecule has 0 aliphatic carbocycles. The lowest BCUT2D eigenvalue weighted by molar-refractivity contribution is 0.390. The summed E-state index contributed by atoms with van der Waals surface area (Å²) < 4.78 is 36.5. The van der Waals surface area contributed by atoms with Crippen molar-refractivity contribution in [3.8, 4) is 11.5 Å². The van der Waals surface area contributed by atoms with Crippen LogP contribution in [0.25, 0.3) is 10.2 Å². The van der Waals surface area contributed by atoms with Crippen molar-refractivity contribution in [3.63, 3.8) is 0 Å². The molecule has 0 aliphatic rings. The van der Waals surface area contributed by atoms with Crippen molar-refractivity contribution in [2.24, 2.45) is 5.10 Å². The number of thiophene rings is 1. The summed E-state index contributed by atoms with van der Waals surface area (Å²) in [5.74, 6) is 0.983. The molecule has 0 aliphatic heterocycles.